The summed E-state index contributed by atoms with van der Waals surface area (Å²) in [4.78, 5) is 20.3. The van der Waals surface area contributed by atoms with E-state index in [0.717, 1.165) is 58.6 Å². The van der Waals surface area contributed by atoms with Crippen molar-refractivity contribution < 1.29 is 4.79 Å². The first-order chi connectivity index (χ1) is 16.0. The molecule has 1 fully saturated rings. The van der Waals surface area contributed by atoms with Gasteiger partial charge in [0.25, 0.3) is 0 Å². The van der Waals surface area contributed by atoms with Gasteiger partial charge in [-0.3, -0.25) is 9.36 Å². The highest BCUT2D eigenvalue weighted by atomic mass is 32.2. The largest absolute Gasteiger partial charge is 0.332 e. The summed E-state index contributed by atoms with van der Waals surface area (Å²) in [7, 11) is 0. The number of rotatable bonds is 5. The summed E-state index contributed by atoms with van der Waals surface area (Å²) in [6.45, 7) is 6.90. The molecule has 0 saturated carbocycles. The minimum Gasteiger partial charge on any atom is -0.332 e. The molecule has 1 aliphatic rings. The van der Waals surface area contributed by atoms with Crippen LogP contribution in [0, 0.1) is 20.8 Å². The third kappa shape index (κ3) is 4.42. The van der Waals surface area contributed by atoms with E-state index in [1.165, 1.54) is 22.0 Å². The Labute approximate surface area is 202 Å². The summed E-state index contributed by atoms with van der Waals surface area (Å²) >= 11 is 3.17. The van der Waals surface area contributed by atoms with Crippen molar-refractivity contribution >= 4 is 39.2 Å². The molecule has 1 aliphatic heterocycles. The molecule has 170 valence electrons. The highest BCUT2D eigenvalue weighted by Gasteiger charge is 2.30. The summed E-state index contributed by atoms with van der Waals surface area (Å²) < 4.78 is 3.23. The van der Waals surface area contributed by atoms with Crippen molar-refractivity contribution in [1.29, 1.82) is 0 Å². The van der Waals surface area contributed by atoms with Crippen LogP contribution in [0.25, 0.3) is 15.9 Å². The number of fused-ring (bicyclic) bond motifs is 1. The van der Waals surface area contributed by atoms with Gasteiger partial charge in [0.15, 0.2) is 5.16 Å². The Morgan fingerprint density at radius 1 is 1.12 bits per heavy atom. The predicted octanol–water partition coefficient (Wildman–Crippen LogP) is 5.65. The lowest BCUT2D eigenvalue weighted by molar-refractivity contribution is -0.132. The summed E-state index contributed by atoms with van der Waals surface area (Å²) in [5.41, 5.74) is 4.42. The molecule has 0 N–H and O–H groups in total. The van der Waals surface area contributed by atoms with Gasteiger partial charge in [0.1, 0.15) is 10.8 Å². The van der Waals surface area contributed by atoms with Gasteiger partial charge in [0.05, 0.1) is 27.7 Å². The Kier molecular flexibility index (Phi) is 6.21. The smallest absolute Gasteiger partial charge is 0.233 e. The number of hydrogen-bond donors (Lipinski definition) is 0. The van der Waals surface area contributed by atoms with Gasteiger partial charge in [0.2, 0.25) is 5.91 Å². The van der Waals surface area contributed by atoms with E-state index in [2.05, 4.69) is 52.9 Å². The van der Waals surface area contributed by atoms with E-state index in [9.17, 15) is 4.79 Å². The number of piperidine rings is 1. The lowest BCUT2D eigenvalue weighted by Crippen LogP contribution is -2.39. The van der Waals surface area contributed by atoms with Gasteiger partial charge < -0.3 is 4.90 Å². The number of hydrogen-bond acceptors (Lipinski definition) is 6. The minimum atomic E-state index is 0.0582. The number of carbonyl (C=O) groups excluding carboxylic acids is 1. The Morgan fingerprint density at radius 3 is 2.82 bits per heavy atom. The molecule has 0 bridgehead atoms. The Balaban J connectivity index is 1.36. The number of likely N-dealkylation sites (tertiary alicyclic amines) is 1. The third-order valence-electron chi connectivity index (χ3n) is 6.14. The van der Waals surface area contributed by atoms with E-state index in [1.54, 1.807) is 11.3 Å². The van der Waals surface area contributed by atoms with E-state index >= 15 is 0 Å². The highest BCUT2D eigenvalue weighted by Crippen LogP contribution is 2.36. The summed E-state index contributed by atoms with van der Waals surface area (Å²) in [5, 5.41) is 10.5. The monoisotopic (exact) mass is 477 g/mol. The average molecular weight is 478 g/mol. The van der Waals surface area contributed by atoms with Crippen LogP contribution in [-0.4, -0.2) is 42.9 Å². The number of thiazole rings is 1. The van der Waals surface area contributed by atoms with Crippen LogP contribution in [0.3, 0.4) is 0 Å². The first-order valence-electron chi connectivity index (χ1n) is 11.3. The third-order valence-corrected chi connectivity index (χ3v) is 8.20. The van der Waals surface area contributed by atoms with Gasteiger partial charge in [-0.2, -0.15) is 0 Å². The van der Waals surface area contributed by atoms with E-state index < -0.39 is 0 Å². The molecule has 5 rings (SSSR count). The van der Waals surface area contributed by atoms with Gasteiger partial charge in [0, 0.05) is 6.54 Å². The maximum Gasteiger partial charge on any atom is 0.233 e. The summed E-state index contributed by atoms with van der Waals surface area (Å²) in [5.74, 6) is 1.30. The van der Waals surface area contributed by atoms with Gasteiger partial charge in [-0.05, 0) is 69.4 Å². The SMILES string of the molecule is Cc1ccc(C)c(-n2c(C)nnc2SCC(=O)N2CCCC[C@H]2c2nc3ccccc3s2)c1. The zero-order valence-corrected chi connectivity index (χ0v) is 20.7. The molecule has 1 amide bonds. The molecule has 2 aromatic carbocycles. The number of benzene rings is 2. The van der Waals surface area contributed by atoms with Crippen LogP contribution in [0.15, 0.2) is 47.6 Å². The topological polar surface area (TPSA) is 63.9 Å². The van der Waals surface area contributed by atoms with Crippen LogP contribution in [-0.2, 0) is 4.79 Å². The number of carbonyl (C=O) groups is 1. The zero-order valence-electron chi connectivity index (χ0n) is 19.1. The fourth-order valence-electron chi connectivity index (χ4n) is 4.40. The molecular formula is C25H27N5OS2. The molecular weight excluding hydrogens is 450 g/mol. The molecule has 0 aliphatic carbocycles. The quantitative estimate of drug-likeness (QED) is 0.348. The Hall–Kier alpha value is -2.71. The number of nitrogens with zero attached hydrogens (tertiary/aromatic N) is 5. The molecule has 4 aromatic rings. The standard InChI is InChI=1S/C25H27N5OS2/c1-16-11-12-17(2)21(14-16)30-18(3)27-28-25(30)32-15-23(31)29-13-7-6-9-20(29)24-26-19-8-4-5-10-22(19)33-24/h4-5,8,10-12,14,20H,6-7,9,13,15H2,1-3H3/t20-/m0/s1. The number of amides is 1. The normalized spacial score (nSPS) is 16.5. The second-order valence-electron chi connectivity index (χ2n) is 8.56. The number of para-hydroxylation sites is 1. The van der Waals surface area contributed by atoms with Crippen molar-refractivity contribution in [2.75, 3.05) is 12.3 Å². The van der Waals surface area contributed by atoms with Crippen LogP contribution >= 0.6 is 23.1 Å². The molecule has 0 spiro atoms. The highest BCUT2D eigenvalue weighted by molar-refractivity contribution is 7.99. The molecule has 3 heterocycles. The molecule has 1 atom stereocenters. The fourth-order valence-corrected chi connectivity index (χ4v) is 6.39. The first-order valence-corrected chi connectivity index (χ1v) is 13.1. The molecule has 1 saturated heterocycles. The van der Waals surface area contributed by atoms with Crippen molar-refractivity contribution in [1.82, 2.24) is 24.6 Å². The van der Waals surface area contributed by atoms with Crippen LogP contribution in [0.4, 0.5) is 0 Å². The van der Waals surface area contributed by atoms with Crippen molar-refractivity contribution in [3.8, 4) is 5.69 Å². The molecule has 2 aromatic heterocycles. The molecule has 6 nitrogen and oxygen atoms in total. The van der Waals surface area contributed by atoms with Crippen LogP contribution in [0.5, 0.6) is 0 Å². The minimum absolute atomic E-state index is 0.0582. The summed E-state index contributed by atoms with van der Waals surface area (Å²) in [6, 6.07) is 14.6. The predicted molar refractivity (Wildman–Crippen MR) is 134 cm³/mol. The first kappa shape index (κ1) is 22.1. The second kappa shape index (κ2) is 9.27. The molecule has 0 unspecified atom stereocenters. The van der Waals surface area contributed by atoms with Crippen molar-refractivity contribution in [3.05, 3.63) is 64.4 Å². The van der Waals surface area contributed by atoms with E-state index in [1.807, 2.05) is 30.0 Å². The van der Waals surface area contributed by atoms with Crippen molar-refractivity contribution in [2.45, 2.75) is 51.2 Å². The van der Waals surface area contributed by atoms with E-state index in [4.69, 9.17) is 4.98 Å². The van der Waals surface area contributed by atoms with E-state index in [-0.39, 0.29) is 11.9 Å². The van der Waals surface area contributed by atoms with Crippen LogP contribution in [0.1, 0.15) is 47.3 Å². The second-order valence-corrected chi connectivity index (χ2v) is 10.6. The summed E-state index contributed by atoms with van der Waals surface area (Å²) in [6.07, 6.45) is 3.13. The lowest BCUT2D eigenvalue weighted by Gasteiger charge is -2.34. The van der Waals surface area contributed by atoms with Gasteiger partial charge in [-0.15, -0.1) is 21.5 Å². The molecule has 33 heavy (non-hydrogen) atoms. The van der Waals surface area contributed by atoms with Gasteiger partial charge >= 0.3 is 0 Å². The number of aromatic nitrogens is 4. The number of aryl methyl sites for hydroxylation is 3. The molecule has 8 heteroatoms. The van der Waals surface area contributed by atoms with Crippen LogP contribution in [0.2, 0.25) is 0 Å². The number of thioether (sulfide) groups is 1. The van der Waals surface area contributed by atoms with E-state index in [0.29, 0.717) is 5.75 Å². The Bertz CT molecular complexity index is 1280. The maximum atomic E-state index is 13.4. The van der Waals surface area contributed by atoms with Gasteiger partial charge in [-0.1, -0.05) is 36.0 Å². The van der Waals surface area contributed by atoms with Crippen molar-refractivity contribution in [3.63, 3.8) is 0 Å². The fraction of sp³-hybridized carbons (Fsp3) is 0.360. The molecule has 0 radical (unpaired) electrons. The van der Waals surface area contributed by atoms with Crippen molar-refractivity contribution in [2.24, 2.45) is 0 Å². The average Bonchev–Trinajstić information content (AvgIpc) is 3.42. The Morgan fingerprint density at radius 2 is 1.97 bits per heavy atom. The van der Waals surface area contributed by atoms with Crippen LogP contribution < -0.4 is 0 Å². The lowest BCUT2D eigenvalue weighted by atomic mass is 10.0. The maximum absolute atomic E-state index is 13.4. The van der Waals surface area contributed by atoms with Gasteiger partial charge in [-0.25, -0.2) is 4.98 Å². The zero-order chi connectivity index (χ0) is 22.9.